The van der Waals surface area contributed by atoms with Gasteiger partial charge in [-0.15, -0.1) is 0 Å². The monoisotopic (exact) mass is 247 g/mol. The Bertz CT molecular complexity index is 729. The number of rotatable bonds is 3. The molecule has 0 spiro atoms. The molecule has 1 aromatic heterocycles. The summed E-state index contributed by atoms with van der Waals surface area (Å²) in [6, 6.07) is 17.8. The largest absolute Gasteiger partial charge is 0.298 e. The predicted octanol–water partition coefficient (Wildman–Crippen LogP) is 3.64. The van der Waals surface area contributed by atoms with E-state index in [2.05, 4.69) is 17.1 Å². The van der Waals surface area contributed by atoms with Crippen molar-refractivity contribution in [2.75, 3.05) is 0 Å². The van der Waals surface area contributed by atoms with Crippen LogP contribution in [0.4, 0.5) is 0 Å². The summed E-state index contributed by atoms with van der Waals surface area (Å²) in [7, 11) is 0. The number of pyridine rings is 1. The van der Waals surface area contributed by atoms with Gasteiger partial charge in [-0.2, -0.15) is 0 Å². The minimum atomic E-state index is 0.677. The summed E-state index contributed by atoms with van der Waals surface area (Å²) in [5.74, 6) is 0. The van der Waals surface area contributed by atoms with E-state index in [9.17, 15) is 4.79 Å². The Morgan fingerprint density at radius 3 is 2.63 bits per heavy atom. The van der Waals surface area contributed by atoms with E-state index in [0.29, 0.717) is 6.42 Å². The highest BCUT2D eigenvalue weighted by Gasteiger charge is 2.06. The van der Waals surface area contributed by atoms with Crippen molar-refractivity contribution in [1.29, 1.82) is 0 Å². The van der Waals surface area contributed by atoms with Crippen LogP contribution >= 0.6 is 0 Å². The number of benzene rings is 2. The second-order valence-corrected chi connectivity index (χ2v) is 4.47. The van der Waals surface area contributed by atoms with Crippen molar-refractivity contribution in [3.63, 3.8) is 0 Å². The molecule has 2 aromatic carbocycles. The highest BCUT2D eigenvalue weighted by atomic mass is 16.1. The molecule has 0 atom stereocenters. The Labute approximate surface area is 111 Å². The van der Waals surface area contributed by atoms with Gasteiger partial charge in [-0.25, -0.2) is 0 Å². The van der Waals surface area contributed by atoms with Crippen LogP contribution in [0.2, 0.25) is 0 Å². The number of nitrogens with zero attached hydrogens (tertiary/aromatic N) is 1. The Hall–Kier alpha value is -2.48. The molecular formula is C17H13NO. The SMILES string of the molecule is O=Cc1ccccc1Cc1nccc2ccccc12. The van der Waals surface area contributed by atoms with Crippen molar-refractivity contribution in [2.24, 2.45) is 0 Å². The Kier molecular flexibility index (Phi) is 3.07. The standard InChI is InChI=1S/C17H13NO/c19-12-15-7-2-1-6-14(15)11-17-16-8-4-3-5-13(16)9-10-18-17/h1-10,12H,11H2. The smallest absolute Gasteiger partial charge is 0.150 e. The topological polar surface area (TPSA) is 30.0 Å². The summed E-state index contributed by atoms with van der Waals surface area (Å²) in [5.41, 5.74) is 2.76. The lowest BCUT2D eigenvalue weighted by Crippen LogP contribution is -1.97. The second-order valence-electron chi connectivity index (χ2n) is 4.47. The lowest BCUT2D eigenvalue weighted by atomic mass is 10.0. The van der Waals surface area contributed by atoms with Gasteiger partial charge in [0.1, 0.15) is 6.29 Å². The number of hydrogen-bond acceptors (Lipinski definition) is 2. The third kappa shape index (κ3) is 2.25. The Balaban J connectivity index is 2.08. The van der Waals surface area contributed by atoms with Crippen LogP contribution in [0.3, 0.4) is 0 Å². The van der Waals surface area contributed by atoms with Gasteiger partial charge in [0.05, 0.1) is 5.69 Å². The molecule has 2 nitrogen and oxygen atoms in total. The molecule has 0 aliphatic carbocycles. The van der Waals surface area contributed by atoms with Crippen molar-refractivity contribution in [3.8, 4) is 0 Å². The minimum absolute atomic E-state index is 0.677. The van der Waals surface area contributed by atoms with E-state index in [1.54, 1.807) is 0 Å². The van der Waals surface area contributed by atoms with Crippen molar-refractivity contribution in [1.82, 2.24) is 4.98 Å². The molecule has 0 aliphatic rings. The van der Waals surface area contributed by atoms with Crippen LogP contribution in [-0.2, 0) is 6.42 Å². The zero-order valence-electron chi connectivity index (χ0n) is 10.4. The fourth-order valence-corrected chi connectivity index (χ4v) is 2.31. The van der Waals surface area contributed by atoms with Crippen molar-refractivity contribution in [2.45, 2.75) is 6.42 Å². The zero-order valence-corrected chi connectivity index (χ0v) is 10.4. The van der Waals surface area contributed by atoms with Crippen LogP contribution in [0.5, 0.6) is 0 Å². The number of carbonyl (C=O) groups is 1. The van der Waals surface area contributed by atoms with Crippen LogP contribution in [0.25, 0.3) is 10.8 Å². The van der Waals surface area contributed by atoms with Crippen LogP contribution in [0, 0.1) is 0 Å². The lowest BCUT2D eigenvalue weighted by molar-refractivity contribution is 0.112. The minimum Gasteiger partial charge on any atom is -0.298 e. The number of hydrogen-bond donors (Lipinski definition) is 0. The van der Waals surface area contributed by atoms with E-state index in [0.717, 1.165) is 28.5 Å². The molecule has 0 aliphatic heterocycles. The van der Waals surface area contributed by atoms with Gasteiger partial charge >= 0.3 is 0 Å². The highest BCUT2D eigenvalue weighted by Crippen LogP contribution is 2.20. The summed E-state index contributed by atoms with van der Waals surface area (Å²) in [4.78, 5) is 15.5. The van der Waals surface area contributed by atoms with E-state index in [1.807, 2.05) is 48.7 Å². The van der Waals surface area contributed by atoms with E-state index in [1.165, 1.54) is 5.39 Å². The van der Waals surface area contributed by atoms with Gasteiger partial charge in [0.2, 0.25) is 0 Å². The van der Waals surface area contributed by atoms with Gasteiger partial charge in [-0.3, -0.25) is 9.78 Å². The summed E-state index contributed by atoms with van der Waals surface area (Å²) < 4.78 is 0. The maximum atomic E-state index is 11.1. The number of fused-ring (bicyclic) bond motifs is 1. The zero-order chi connectivity index (χ0) is 13.1. The van der Waals surface area contributed by atoms with Crippen molar-refractivity contribution >= 4 is 17.1 Å². The molecule has 0 unspecified atom stereocenters. The normalized spacial score (nSPS) is 10.5. The first kappa shape index (κ1) is 11.6. The molecule has 0 N–H and O–H groups in total. The first-order valence-corrected chi connectivity index (χ1v) is 6.24. The third-order valence-corrected chi connectivity index (χ3v) is 3.30. The van der Waals surface area contributed by atoms with Gasteiger partial charge < -0.3 is 0 Å². The van der Waals surface area contributed by atoms with Crippen LogP contribution in [-0.4, -0.2) is 11.3 Å². The average molecular weight is 247 g/mol. The molecule has 1 heterocycles. The van der Waals surface area contributed by atoms with E-state index in [4.69, 9.17) is 0 Å². The highest BCUT2D eigenvalue weighted by molar-refractivity contribution is 5.85. The molecule has 0 saturated carbocycles. The maximum absolute atomic E-state index is 11.1. The van der Waals surface area contributed by atoms with E-state index >= 15 is 0 Å². The number of aromatic nitrogens is 1. The average Bonchev–Trinajstić information content (AvgIpc) is 2.48. The van der Waals surface area contributed by atoms with Gasteiger partial charge in [-0.1, -0.05) is 48.5 Å². The summed E-state index contributed by atoms with van der Waals surface area (Å²) in [5, 5.41) is 2.32. The first-order valence-electron chi connectivity index (χ1n) is 6.24. The molecule has 19 heavy (non-hydrogen) atoms. The molecule has 2 heteroatoms. The molecule has 0 radical (unpaired) electrons. The van der Waals surface area contributed by atoms with Crippen LogP contribution < -0.4 is 0 Å². The van der Waals surface area contributed by atoms with Crippen LogP contribution in [0.1, 0.15) is 21.6 Å². The van der Waals surface area contributed by atoms with Gasteiger partial charge in [0.15, 0.2) is 0 Å². The third-order valence-electron chi connectivity index (χ3n) is 3.30. The fraction of sp³-hybridized carbons (Fsp3) is 0.0588. The van der Waals surface area contributed by atoms with Gasteiger partial charge in [0, 0.05) is 23.6 Å². The number of carbonyl (C=O) groups excluding carboxylic acids is 1. The summed E-state index contributed by atoms with van der Waals surface area (Å²) >= 11 is 0. The Morgan fingerprint density at radius 2 is 1.74 bits per heavy atom. The molecular weight excluding hydrogens is 234 g/mol. The second kappa shape index (κ2) is 5.02. The summed E-state index contributed by atoms with van der Waals surface area (Å²) in [6.07, 6.45) is 3.40. The molecule has 0 bridgehead atoms. The summed E-state index contributed by atoms with van der Waals surface area (Å²) in [6.45, 7) is 0. The maximum Gasteiger partial charge on any atom is 0.150 e. The number of aldehydes is 1. The molecule has 0 saturated heterocycles. The molecule has 0 fully saturated rings. The van der Waals surface area contributed by atoms with Crippen molar-refractivity contribution < 1.29 is 4.79 Å². The molecule has 3 rings (SSSR count). The van der Waals surface area contributed by atoms with E-state index in [-0.39, 0.29) is 0 Å². The fourth-order valence-electron chi connectivity index (χ4n) is 2.31. The van der Waals surface area contributed by atoms with Crippen LogP contribution in [0.15, 0.2) is 60.8 Å². The predicted molar refractivity (Wildman–Crippen MR) is 76.4 cm³/mol. The molecule has 3 aromatic rings. The lowest BCUT2D eigenvalue weighted by Gasteiger charge is -2.07. The van der Waals surface area contributed by atoms with Gasteiger partial charge in [0.25, 0.3) is 0 Å². The quantitative estimate of drug-likeness (QED) is 0.661. The first-order chi connectivity index (χ1) is 9.38. The van der Waals surface area contributed by atoms with Crippen molar-refractivity contribution in [3.05, 3.63) is 77.6 Å². The Morgan fingerprint density at radius 1 is 0.947 bits per heavy atom. The molecule has 0 amide bonds. The van der Waals surface area contributed by atoms with E-state index < -0.39 is 0 Å². The molecule has 92 valence electrons. The van der Waals surface area contributed by atoms with Gasteiger partial charge in [-0.05, 0) is 17.0 Å².